The van der Waals surface area contributed by atoms with Crippen LogP contribution in [0.3, 0.4) is 0 Å². The van der Waals surface area contributed by atoms with Gasteiger partial charge in [-0.15, -0.1) is 12.4 Å². The van der Waals surface area contributed by atoms with Crippen molar-refractivity contribution in [2.45, 2.75) is 25.1 Å². The van der Waals surface area contributed by atoms with Crippen LogP contribution in [0.5, 0.6) is 11.5 Å². The number of nitrogens with two attached hydrogens (primary N) is 1. The third kappa shape index (κ3) is 5.01. The summed E-state index contributed by atoms with van der Waals surface area (Å²) < 4.78 is 41.0. The van der Waals surface area contributed by atoms with E-state index >= 15 is 0 Å². The van der Waals surface area contributed by atoms with E-state index in [1.807, 2.05) is 0 Å². The molecule has 1 aromatic rings. The van der Waals surface area contributed by atoms with Gasteiger partial charge in [0.05, 0.1) is 7.11 Å². The molecule has 0 amide bonds. The first-order chi connectivity index (χ1) is 7.83. The summed E-state index contributed by atoms with van der Waals surface area (Å²) in [6.07, 6.45) is -5.50. The fourth-order valence-corrected chi connectivity index (χ4v) is 1.43. The van der Waals surface area contributed by atoms with Crippen molar-refractivity contribution >= 4 is 12.4 Å². The third-order valence-corrected chi connectivity index (χ3v) is 2.37. The maximum Gasteiger partial charge on any atom is 0.389 e. The zero-order chi connectivity index (χ0) is 13.1. The van der Waals surface area contributed by atoms with Crippen molar-refractivity contribution in [2.75, 3.05) is 7.11 Å². The molecule has 0 aromatic heterocycles. The molecular weight excluding hydrogens is 271 g/mol. The predicted molar refractivity (Wildman–Crippen MR) is 64.1 cm³/mol. The van der Waals surface area contributed by atoms with Crippen LogP contribution in [0.15, 0.2) is 18.2 Å². The molecule has 1 aromatic carbocycles. The Morgan fingerprint density at radius 2 is 2.00 bits per heavy atom. The molecule has 0 aliphatic rings. The van der Waals surface area contributed by atoms with Crippen LogP contribution in [0.1, 0.15) is 24.4 Å². The average Bonchev–Trinajstić information content (AvgIpc) is 2.25. The van der Waals surface area contributed by atoms with Gasteiger partial charge < -0.3 is 15.6 Å². The molecule has 0 saturated heterocycles. The van der Waals surface area contributed by atoms with Gasteiger partial charge in [0, 0.05) is 18.0 Å². The first-order valence-electron chi connectivity index (χ1n) is 5.02. The number of rotatable bonds is 4. The van der Waals surface area contributed by atoms with Gasteiger partial charge in [-0.1, -0.05) is 0 Å². The highest BCUT2D eigenvalue weighted by atomic mass is 35.5. The fourth-order valence-electron chi connectivity index (χ4n) is 1.43. The van der Waals surface area contributed by atoms with Crippen LogP contribution in [0.2, 0.25) is 0 Å². The van der Waals surface area contributed by atoms with Gasteiger partial charge in [0.25, 0.3) is 0 Å². The summed E-state index contributed by atoms with van der Waals surface area (Å²) in [5.41, 5.74) is 5.87. The molecule has 0 unspecified atom stereocenters. The highest BCUT2D eigenvalue weighted by molar-refractivity contribution is 5.85. The van der Waals surface area contributed by atoms with Crippen molar-refractivity contribution in [1.82, 2.24) is 0 Å². The second-order valence-electron chi connectivity index (χ2n) is 3.69. The molecule has 0 aliphatic heterocycles. The van der Waals surface area contributed by atoms with Crippen molar-refractivity contribution in [1.29, 1.82) is 0 Å². The van der Waals surface area contributed by atoms with Crippen molar-refractivity contribution in [3.8, 4) is 11.5 Å². The minimum Gasteiger partial charge on any atom is -0.508 e. The molecule has 3 N–H and O–H groups in total. The van der Waals surface area contributed by atoms with E-state index in [0.29, 0.717) is 5.75 Å². The molecule has 0 saturated carbocycles. The van der Waals surface area contributed by atoms with Crippen molar-refractivity contribution in [3.05, 3.63) is 23.8 Å². The SMILES string of the molecule is COc1ccc(O)c([C@H](N)CCC(F)(F)F)c1.Cl. The molecule has 1 rings (SSSR count). The Morgan fingerprint density at radius 1 is 1.39 bits per heavy atom. The van der Waals surface area contributed by atoms with Gasteiger partial charge in [-0.3, -0.25) is 0 Å². The van der Waals surface area contributed by atoms with Crippen LogP contribution >= 0.6 is 12.4 Å². The first-order valence-corrected chi connectivity index (χ1v) is 5.02. The monoisotopic (exact) mass is 285 g/mol. The first kappa shape index (κ1) is 16.9. The van der Waals surface area contributed by atoms with E-state index in [2.05, 4.69) is 0 Å². The van der Waals surface area contributed by atoms with Gasteiger partial charge in [0.15, 0.2) is 0 Å². The molecular formula is C11H15ClF3NO2. The maximum absolute atomic E-state index is 12.0. The second-order valence-corrected chi connectivity index (χ2v) is 3.69. The van der Waals surface area contributed by atoms with Gasteiger partial charge >= 0.3 is 6.18 Å². The normalized spacial score (nSPS) is 12.7. The van der Waals surface area contributed by atoms with Gasteiger partial charge in [-0.25, -0.2) is 0 Å². The lowest BCUT2D eigenvalue weighted by molar-refractivity contribution is -0.136. The Kier molecular flexibility index (Phi) is 6.28. The van der Waals surface area contributed by atoms with E-state index in [4.69, 9.17) is 10.5 Å². The summed E-state index contributed by atoms with van der Waals surface area (Å²) >= 11 is 0. The van der Waals surface area contributed by atoms with Crippen molar-refractivity contribution < 1.29 is 23.0 Å². The summed E-state index contributed by atoms with van der Waals surface area (Å²) in [6, 6.07) is 3.43. The van der Waals surface area contributed by atoms with Crippen molar-refractivity contribution in [2.24, 2.45) is 5.73 Å². The standard InChI is InChI=1S/C11H14F3NO2.ClH/c1-17-7-2-3-10(16)8(6-7)9(15)4-5-11(12,13)14;/h2-3,6,9,16H,4-5,15H2,1H3;1H/t9-;/m1./s1. The molecule has 0 radical (unpaired) electrons. The Labute approximate surface area is 109 Å². The minimum absolute atomic E-state index is 0. The van der Waals surface area contributed by atoms with Crippen LogP contribution in [0.25, 0.3) is 0 Å². The van der Waals surface area contributed by atoms with E-state index in [1.165, 1.54) is 25.3 Å². The largest absolute Gasteiger partial charge is 0.508 e. The molecule has 7 heteroatoms. The fraction of sp³-hybridized carbons (Fsp3) is 0.455. The number of benzene rings is 1. The maximum atomic E-state index is 12.0. The summed E-state index contributed by atoms with van der Waals surface area (Å²) in [4.78, 5) is 0. The molecule has 104 valence electrons. The molecule has 0 spiro atoms. The number of hydrogen-bond acceptors (Lipinski definition) is 3. The molecule has 0 heterocycles. The van der Waals surface area contributed by atoms with Gasteiger partial charge in [0.2, 0.25) is 0 Å². The number of phenols is 1. The molecule has 0 fully saturated rings. The van der Waals surface area contributed by atoms with Gasteiger partial charge in [-0.05, 0) is 24.6 Å². The summed E-state index contributed by atoms with van der Waals surface area (Å²) in [6.45, 7) is 0. The zero-order valence-corrected chi connectivity index (χ0v) is 10.5. The molecule has 0 aliphatic carbocycles. The van der Waals surface area contributed by atoms with Gasteiger partial charge in [-0.2, -0.15) is 13.2 Å². The minimum atomic E-state index is -4.24. The number of alkyl halides is 3. The average molecular weight is 286 g/mol. The summed E-state index contributed by atoms with van der Waals surface area (Å²) in [5, 5.41) is 9.51. The molecule has 1 atom stereocenters. The number of methoxy groups -OCH3 is 1. The predicted octanol–water partition coefficient (Wildman–Crippen LogP) is 3.16. The van der Waals surface area contributed by atoms with E-state index in [9.17, 15) is 18.3 Å². The Morgan fingerprint density at radius 3 is 2.50 bits per heavy atom. The van der Waals surface area contributed by atoms with E-state index < -0.39 is 18.6 Å². The molecule has 3 nitrogen and oxygen atoms in total. The second kappa shape index (κ2) is 6.70. The summed E-state index contributed by atoms with van der Waals surface area (Å²) in [7, 11) is 1.43. The Hall–Kier alpha value is -1.14. The number of phenolic OH excluding ortho intramolecular Hbond substituents is 1. The highest BCUT2D eigenvalue weighted by Gasteiger charge is 2.28. The van der Waals surface area contributed by atoms with Gasteiger partial charge in [0.1, 0.15) is 11.5 Å². The van der Waals surface area contributed by atoms with E-state index in [0.717, 1.165) is 0 Å². The topological polar surface area (TPSA) is 55.5 Å². The summed E-state index contributed by atoms with van der Waals surface area (Å²) in [5.74, 6) is 0.320. The Balaban J connectivity index is 0.00000289. The lowest BCUT2D eigenvalue weighted by atomic mass is 10.0. The number of hydrogen-bond donors (Lipinski definition) is 2. The van der Waals surface area contributed by atoms with Crippen LogP contribution < -0.4 is 10.5 Å². The quantitative estimate of drug-likeness (QED) is 0.893. The van der Waals surface area contributed by atoms with E-state index in [-0.39, 0.29) is 30.1 Å². The van der Waals surface area contributed by atoms with Crippen LogP contribution in [-0.2, 0) is 0 Å². The lowest BCUT2D eigenvalue weighted by Gasteiger charge is -2.15. The number of aromatic hydroxyl groups is 1. The smallest absolute Gasteiger partial charge is 0.389 e. The number of ether oxygens (including phenoxy) is 1. The molecule has 0 bridgehead atoms. The van der Waals surface area contributed by atoms with Crippen LogP contribution in [-0.4, -0.2) is 18.4 Å². The van der Waals surface area contributed by atoms with Crippen LogP contribution in [0, 0.1) is 0 Å². The zero-order valence-electron chi connectivity index (χ0n) is 9.70. The Bertz CT molecular complexity index is 385. The van der Waals surface area contributed by atoms with E-state index in [1.54, 1.807) is 0 Å². The number of halogens is 4. The van der Waals surface area contributed by atoms with Crippen molar-refractivity contribution in [3.63, 3.8) is 0 Å². The lowest BCUT2D eigenvalue weighted by Crippen LogP contribution is -2.16. The third-order valence-electron chi connectivity index (χ3n) is 2.37. The highest BCUT2D eigenvalue weighted by Crippen LogP contribution is 2.32. The van der Waals surface area contributed by atoms with Crippen LogP contribution in [0.4, 0.5) is 13.2 Å². The molecule has 18 heavy (non-hydrogen) atoms.